The summed E-state index contributed by atoms with van der Waals surface area (Å²) in [5.74, 6) is 1.48. The Bertz CT molecular complexity index is 575. The summed E-state index contributed by atoms with van der Waals surface area (Å²) >= 11 is 0. The van der Waals surface area contributed by atoms with E-state index in [1.165, 1.54) is 36.0 Å². The molecular formula is C20H31ClN2O. The van der Waals surface area contributed by atoms with Gasteiger partial charge in [0.1, 0.15) is 0 Å². The van der Waals surface area contributed by atoms with E-state index < -0.39 is 0 Å². The van der Waals surface area contributed by atoms with Crippen LogP contribution in [-0.2, 0) is 4.79 Å². The van der Waals surface area contributed by atoms with Crippen LogP contribution in [0, 0.1) is 31.6 Å². The molecular weight excluding hydrogens is 320 g/mol. The molecule has 2 aliphatic rings. The summed E-state index contributed by atoms with van der Waals surface area (Å²) in [5, 5.41) is 3.25. The molecule has 24 heavy (non-hydrogen) atoms. The molecule has 1 amide bonds. The van der Waals surface area contributed by atoms with E-state index in [1.807, 2.05) is 0 Å². The first-order valence-electron chi connectivity index (χ1n) is 9.09. The van der Waals surface area contributed by atoms with Crippen LogP contribution in [0.4, 0.5) is 0 Å². The molecule has 2 bridgehead atoms. The number of nitrogens with one attached hydrogen (secondary N) is 1. The van der Waals surface area contributed by atoms with Crippen LogP contribution < -0.4 is 11.1 Å². The lowest BCUT2D eigenvalue weighted by Crippen LogP contribution is -2.49. The van der Waals surface area contributed by atoms with E-state index in [0.29, 0.717) is 17.9 Å². The molecule has 3 nitrogen and oxygen atoms in total. The molecule has 1 aromatic carbocycles. The summed E-state index contributed by atoms with van der Waals surface area (Å²) in [6.45, 7) is 6.31. The van der Waals surface area contributed by atoms with Crippen LogP contribution in [0.5, 0.6) is 0 Å². The van der Waals surface area contributed by atoms with Gasteiger partial charge in [0.2, 0.25) is 5.91 Å². The molecule has 0 heterocycles. The lowest BCUT2D eigenvalue weighted by Gasteiger charge is -2.43. The molecule has 0 radical (unpaired) electrons. The van der Waals surface area contributed by atoms with Crippen molar-refractivity contribution in [2.45, 2.75) is 65.0 Å². The van der Waals surface area contributed by atoms with Crippen LogP contribution >= 0.6 is 12.4 Å². The minimum Gasteiger partial charge on any atom is -0.349 e. The van der Waals surface area contributed by atoms with E-state index in [0.717, 1.165) is 12.8 Å². The molecule has 2 aliphatic carbocycles. The van der Waals surface area contributed by atoms with Crippen molar-refractivity contribution in [3.8, 4) is 0 Å². The second-order valence-electron chi connectivity index (χ2n) is 7.79. The Balaban J connectivity index is 0.00000208. The average Bonchev–Trinajstić information content (AvgIpc) is 2.46. The predicted octanol–water partition coefficient (Wildman–Crippen LogP) is 4.06. The van der Waals surface area contributed by atoms with Crippen LogP contribution in [0.25, 0.3) is 0 Å². The van der Waals surface area contributed by atoms with Gasteiger partial charge in [-0.3, -0.25) is 4.79 Å². The number of carbonyl (C=O) groups excluding carboxylic acids is 1. The zero-order valence-corrected chi connectivity index (χ0v) is 15.9. The van der Waals surface area contributed by atoms with Gasteiger partial charge >= 0.3 is 0 Å². The Hall–Kier alpha value is -1.06. The van der Waals surface area contributed by atoms with E-state index in [1.54, 1.807) is 0 Å². The van der Waals surface area contributed by atoms with Gasteiger partial charge in [-0.05, 0) is 69.4 Å². The fourth-order valence-corrected chi connectivity index (χ4v) is 4.72. The van der Waals surface area contributed by atoms with E-state index in [-0.39, 0.29) is 30.3 Å². The number of benzene rings is 1. The Morgan fingerprint density at radius 2 is 1.83 bits per heavy atom. The van der Waals surface area contributed by atoms with Gasteiger partial charge in [-0.2, -0.15) is 0 Å². The molecule has 3 N–H and O–H groups in total. The van der Waals surface area contributed by atoms with Crippen LogP contribution in [0.3, 0.4) is 0 Å². The summed E-state index contributed by atoms with van der Waals surface area (Å²) in [6, 6.07) is 6.83. The average molecular weight is 351 g/mol. The maximum absolute atomic E-state index is 12.7. The van der Waals surface area contributed by atoms with Crippen molar-refractivity contribution in [1.82, 2.24) is 5.32 Å². The number of hydrogen-bond donors (Lipinski definition) is 2. The van der Waals surface area contributed by atoms with Gasteiger partial charge in [-0.25, -0.2) is 0 Å². The van der Waals surface area contributed by atoms with Gasteiger partial charge in [0.05, 0.1) is 6.04 Å². The van der Waals surface area contributed by atoms with E-state index in [2.05, 4.69) is 44.3 Å². The van der Waals surface area contributed by atoms with Crippen LogP contribution in [0.1, 0.15) is 61.8 Å². The second kappa shape index (κ2) is 7.88. The van der Waals surface area contributed by atoms with E-state index in [4.69, 9.17) is 5.73 Å². The highest BCUT2D eigenvalue weighted by molar-refractivity contribution is 5.85. The van der Waals surface area contributed by atoms with E-state index in [9.17, 15) is 4.79 Å². The molecule has 3 unspecified atom stereocenters. The largest absolute Gasteiger partial charge is 0.349 e. The topological polar surface area (TPSA) is 55.1 Å². The maximum Gasteiger partial charge on any atom is 0.223 e. The molecule has 1 aromatic rings. The normalized spacial score (nSPS) is 30.2. The third-order valence-corrected chi connectivity index (χ3v) is 6.03. The molecule has 3 rings (SSSR count). The Morgan fingerprint density at radius 1 is 1.21 bits per heavy atom. The van der Waals surface area contributed by atoms with Crippen molar-refractivity contribution in [2.75, 3.05) is 0 Å². The highest BCUT2D eigenvalue weighted by Crippen LogP contribution is 2.42. The third kappa shape index (κ3) is 3.94. The maximum atomic E-state index is 12.7. The molecule has 0 saturated heterocycles. The van der Waals surface area contributed by atoms with Crippen molar-refractivity contribution in [3.05, 3.63) is 34.9 Å². The van der Waals surface area contributed by atoms with Gasteiger partial charge in [-0.15, -0.1) is 12.4 Å². The first-order valence-corrected chi connectivity index (χ1v) is 9.09. The minimum absolute atomic E-state index is 0. The molecule has 0 spiro atoms. The number of hydrogen-bond acceptors (Lipinski definition) is 2. The molecule has 3 atom stereocenters. The Morgan fingerprint density at radius 3 is 2.42 bits per heavy atom. The number of nitrogens with two attached hydrogens (primary N) is 1. The Labute approximate surface area is 152 Å². The van der Waals surface area contributed by atoms with Gasteiger partial charge in [0, 0.05) is 12.0 Å². The molecule has 2 fully saturated rings. The lowest BCUT2D eigenvalue weighted by molar-refractivity contribution is -0.128. The van der Waals surface area contributed by atoms with Crippen LogP contribution in [0.2, 0.25) is 0 Å². The summed E-state index contributed by atoms with van der Waals surface area (Å²) in [5.41, 5.74) is 10.1. The summed E-state index contributed by atoms with van der Waals surface area (Å²) < 4.78 is 0. The molecule has 2 saturated carbocycles. The smallest absolute Gasteiger partial charge is 0.223 e. The predicted molar refractivity (Wildman–Crippen MR) is 101 cm³/mol. The quantitative estimate of drug-likeness (QED) is 0.863. The standard InChI is InChI=1S/C20H30N2O.ClH/c1-12-7-8-18(13(2)9-12)14(3)22-20(23)17-10-15-5-4-6-16(11-17)19(15)21;/h7-9,14-17,19H,4-6,10-11,21H2,1-3H3,(H,22,23);1H. The zero-order valence-electron chi connectivity index (χ0n) is 15.0. The fourth-order valence-electron chi connectivity index (χ4n) is 4.72. The second-order valence-corrected chi connectivity index (χ2v) is 7.79. The van der Waals surface area contributed by atoms with Gasteiger partial charge in [0.15, 0.2) is 0 Å². The van der Waals surface area contributed by atoms with Gasteiger partial charge in [0.25, 0.3) is 0 Å². The fraction of sp³-hybridized carbons (Fsp3) is 0.650. The first-order chi connectivity index (χ1) is 11.0. The number of amides is 1. The van der Waals surface area contributed by atoms with Gasteiger partial charge < -0.3 is 11.1 Å². The van der Waals surface area contributed by atoms with Crippen molar-refractivity contribution < 1.29 is 4.79 Å². The number of carbonyl (C=O) groups is 1. The molecule has 134 valence electrons. The van der Waals surface area contributed by atoms with Crippen molar-refractivity contribution in [2.24, 2.45) is 23.5 Å². The first kappa shape index (κ1) is 19.3. The summed E-state index contributed by atoms with van der Waals surface area (Å²) in [7, 11) is 0. The van der Waals surface area contributed by atoms with Crippen molar-refractivity contribution >= 4 is 18.3 Å². The molecule has 4 heteroatoms. The van der Waals surface area contributed by atoms with Crippen LogP contribution in [0.15, 0.2) is 18.2 Å². The molecule has 0 aliphatic heterocycles. The zero-order chi connectivity index (χ0) is 16.6. The van der Waals surface area contributed by atoms with Crippen molar-refractivity contribution in [3.63, 3.8) is 0 Å². The number of halogens is 1. The number of rotatable bonds is 3. The third-order valence-electron chi connectivity index (χ3n) is 6.03. The summed E-state index contributed by atoms with van der Waals surface area (Å²) in [4.78, 5) is 12.7. The molecule has 0 aromatic heterocycles. The number of aryl methyl sites for hydroxylation is 2. The van der Waals surface area contributed by atoms with Crippen LogP contribution in [-0.4, -0.2) is 11.9 Å². The van der Waals surface area contributed by atoms with Gasteiger partial charge in [-0.1, -0.05) is 30.2 Å². The highest BCUT2D eigenvalue weighted by atomic mass is 35.5. The number of fused-ring (bicyclic) bond motifs is 2. The van der Waals surface area contributed by atoms with E-state index >= 15 is 0 Å². The van der Waals surface area contributed by atoms with Crippen molar-refractivity contribution in [1.29, 1.82) is 0 Å². The minimum atomic E-state index is 0. The highest BCUT2D eigenvalue weighted by Gasteiger charge is 2.40. The SMILES string of the molecule is Cc1ccc(C(C)NC(=O)C2CC3CCCC(C2)C3N)c(C)c1.Cl. The Kier molecular flexibility index (Phi) is 6.33. The lowest BCUT2D eigenvalue weighted by atomic mass is 9.65. The monoisotopic (exact) mass is 350 g/mol. The summed E-state index contributed by atoms with van der Waals surface area (Å²) in [6.07, 6.45) is 5.64.